The predicted octanol–water partition coefficient (Wildman–Crippen LogP) is 0.606. The van der Waals surface area contributed by atoms with Crippen molar-refractivity contribution in [3.8, 4) is 0 Å². The number of hydrogen-bond donors (Lipinski definition) is 2. The smallest absolute Gasteiger partial charge is 0.237 e. The predicted molar refractivity (Wildman–Crippen MR) is 54.4 cm³/mol. The van der Waals surface area contributed by atoms with E-state index in [1.165, 1.54) is 0 Å². The van der Waals surface area contributed by atoms with Crippen LogP contribution in [-0.2, 0) is 4.79 Å². The van der Waals surface area contributed by atoms with Gasteiger partial charge in [-0.05, 0) is 26.0 Å². The van der Waals surface area contributed by atoms with E-state index in [0.29, 0.717) is 0 Å². The fourth-order valence-electron chi connectivity index (χ4n) is 1.05. The second-order valence-corrected chi connectivity index (χ2v) is 3.27. The summed E-state index contributed by atoms with van der Waals surface area (Å²) >= 11 is 0. The number of pyridine rings is 1. The normalized spacial score (nSPS) is 14.5. The minimum atomic E-state index is -0.485. The van der Waals surface area contributed by atoms with Crippen molar-refractivity contribution in [1.82, 2.24) is 10.3 Å². The van der Waals surface area contributed by atoms with E-state index in [2.05, 4.69) is 10.3 Å². The second-order valence-electron chi connectivity index (χ2n) is 3.27. The highest BCUT2D eigenvalue weighted by Gasteiger charge is 2.12. The van der Waals surface area contributed by atoms with Crippen LogP contribution >= 0.6 is 0 Å². The van der Waals surface area contributed by atoms with Crippen molar-refractivity contribution in [2.45, 2.75) is 25.9 Å². The van der Waals surface area contributed by atoms with E-state index in [-0.39, 0.29) is 11.9 Å². The van der Waals surface area contributed by atoms with E-state index in [9.17, 15) is 4.79 Å². The van der Waals surface area contributed by atoms with Gasteiger partial charge in [-0.2, -0.15) is 0 Å². The Balaban J connectivity index is 2.59. The molecule has 0 unspecified atom stereocenters. The Kier molecular flexibility index (Phi) is 3.59. The Morgan fingerprint density at radius 1 is 1.50 bits per heavy atom. The number of carbonyl (C=O) groups excluding carboxylic acids is 1. The van der Waals surface area contributed by atoms with Gasteiger partial charge in [-0.1, -0.05) is 6.07 Å². The van der Waals surface area contributed by atoms with Gasteiger partial charge in [0.05, 0.1) is 17.8 Å². The van der Waals surface area contributed by atoms with E-state index in [4.69, 9.17) is 5.73 Å². The van der Waals surface area contributed by atoms with Gasteiger partial charge in [-0.15, -0.1) is 0 Å². The molecule has 0 aliphatic rings. The van der Waals surface area contributed by atoms with Crippen LogP contribution in [0.15, 0.2) is 24.4 Å². The Hall–Kier alpha value is -1.42. The van der Waals surface area contributed by atoms with Gasteiger partial charge >= 0.3 is 0 Å². The van der Waals surface area contributed by atoms with Crippen LogP contribution in [0.3, 0.4) is 0 Å². The molecule has 0 fully saturated rings. The highest BCUT2D eigenvalue weighted by atomic mass is 16.2. The van der Waals surface area contributed by atoms with Crippen molar-refractivity contribution in [3.05, 3.63) is 30.1 Å². The lowest BCUT2D eigenvalue weighted by Gasteiger charge is -2.14. The molecule has 14 heavy (non-hydrogen) atoms. The molecule has 0 bridgehead atoms. The molecule has 76 valence electrons. The SMILES string of the molecule is C[C@H](N)C(=O)N[C@H](C)c1ccccn1. The molecule has 1 amide bonds. The molecule has 0 spiro atoms. The Bertz CT molecular complexity index is 297. The second kappa shape index (κ2) is 4.72. The van der Waals surface area contributed by atoms with Crippen LogP contribution in [0, 0.1) is 0 Å². The quantitative estimate of drug-likeness (QED) is 0.739. The van der Waals surface area contributed by atoms with Crippen molar-refractivity contribution in [1.29, 1.82) is 0 Å². The highest BCUT2D eigenvalue weighted by molar-refractivity contribution is 5.81. The maximum atomic E-state index is 11.3. The van der Waals surface area contributed by atoms with Gasteiger partial charge in [0.1, 0.15) is 0 Å². The number of carbonyl (C=O) groups is 1. The largest absolute Gasteiger partial charge is 0.347 e. The van der Waals surface area contributed by atoms with Gasteiger partial charge < -0.3 is 11.1 Å². The van der Waals surface area contributed by atoms with Gasteiger partial charge in [0.15, 0.2) is 0 Å². The molecule has 0 radical (unpaired) electrons. The molecule has 0 aliphatic carbocycles. The van der Waals surface area contributed by atoms with Crippen LogP contribution in [0.5, 0.6) is 0 Å². The van der Waals surface area contributed by atoms with Crippen LogP contribution < -0.4 is 11.1 Å². The monoisotopic (exact) mass is 193 g/mol. The van der Waals surface area contributed by atoms with Gasteiger partial charge in [0.25, 0.3) is 0 Å². The number of nitrogens with two attached hydrogens (primary N) is 1. The fourth-order valence-corrected chi connectivity index (χ4v) is 1.05. The minimum absolute atomic E-state index is 0.102. The number of nitrogens with one attached hydrogen (secondary N) is 1. The third-order valence-corrected chi connectivity index (χ3v) is 1.90. The molecular formula is C10H15N3O. The van der Waals surface area contributed by atoms with Crippen LogP contribution in [-0.4, -0.2) is 16.9 Å². The van der Waals surface area contributed by atoms with E-state index < -0.39 is 6.04 Å². The maximum absolute atomic E-state index is 11.3. The van der Waals surface area contributed by atoms with Gasteiger partial charge in [-0.3, -0.25) is 9.78 Å². The number of amides is 1. The van der Waals surface area contributed by atoms with Gasteiger partial charge in [0.2, 0.25) is 5.91 Å². The molecule has 0 aromatic carbocycles. The molecule has 4 heteroatoms. The third kappa shape index (κ3) is 2.81. The lowest BCUT2D eigenvalue weighted by Crippen LogP contribution is -2.39. The summed E-state index contributed by atoms with van der Waals surface area (Å²) in [6.07, 6.45) is 1.70. The zero-order valence-electron chi connectivity index (χ0n) is 8.40. The molecule has 1 heterocycles. The van der Waals surface area contributed by atoms with E-state index >= 15 is 0 Å². The zero-order chi connectivity index (χ0) is 10.6. The van der Waals surface area contributed by atoms with E-state index in [1.807, 2.05) is 25.1 Å². The molecule has 0 saturated carbocycles. The summed E-state index contributed by atoms with van der Waals surface area (Å²) in [4.78, 5) is 15.4. The van der Waals surface area contributed by atoms with Gasteiger partial charge in [-0.25, -0.2) is 0 Å². The number of hydrogen-bond acceptors (Lipinski definition) is 3. The summed E-state index contributed by atoms with van der Waals surface area (Å²) in [6, 6.07) is 5.00. The molecule has 4 nitrogen and oxygen atoms in total. The summed E-state index contributed by atoms with van der Waals surface area (Å²) in [5.74, 6) is -0.164. The first-order valence-corrected chi connectivity index (χ1v) is 4.58. The molecule has 1 aromatic rings. The number of nitrogens with zero attached hydrogens (tertiary/aromatic N) is 1. The summed E-state index contributed by atoms with van der Waals surface area (Å²) in [5, 5.41) is 2.77. The van der Waals surface area contributed by atoms with Crippen molar-refractivity contribution in [2.75, 3.05) is 0 Å². The lowest BCUT2D eigenvalue weighted by molar-refractivity contribution is -0.122. The highest BCUT2D eigenvalue weighted by Crippen LogP contribution is 2.07. The van der Waals surface area contributed by atoms with Crippen LogP contribution in [0.2, 0.25) is 0 Å². The molecule has 3 N–H and O–H groups in total. The standard InChI is InChI=1S/C10H15N3O/c1-7(11)10(14)13-8(2)9-5-3-4-6-12-9/h3-8H,11H2,1-2H3,(H,13,14)/t7-,8+/m0/s1. The van der Waals surface area contributed by atoms with Crippen LogP contribution in [0.25, 0.3) is 0 Å². The summed E-state index contributed by atoms with van der Waals surface area (Å²) in [5.41, 5.74) is 6.26. The van der Waals surface area contributed by atoms with E-state index in [0.717, 1.165) is 5.69 Å². The average Bonchev–Trinajstić information content (AvgIpc) is 2.19. The van der Waals surface area contributed by atoms with Crippen LogP contribution in [0.4, 0.5) is 0 Å². The average molecular weight is 193 g/mol. The Morgan fingerprint density at radius 3 is 2.71 bits per heavy atom. The lowest BCUT2D eigenvalue weighted by atomic mass is 10.2. The Morgan fingerprint density at radius 2 is 2.21 bits per heavy atom. The third-order valence-electron chi connectivity index (χ3n) is 1.90. The van der Waals surface area contributed by atoms with Crippen molar-refractivity contribution in [2.24, 2.45) is 5.73 Å². The molecule has 0 saturated heterocycles. The van der Waals surface area contributed by atoms with E-state index in [1.54, 1.807) is 13.1 Å². The topological polar surface area (TPSA) is 68.0 Å². The molecule has 1 rings (SSSR count). The molecule has 0 aliphatic heterocycles. The summed E-state index contributed by atoms with van der Waals surface area (Å²) < 4.78 is 0. The molecular weight excluding hydrogens is 178 g/mol. The zero-order valence-corrected chi connectivity index (χ0v) is 8.40. The first kappa shape index (κ1) is 10.7. The molecule has 1 aromatic heterocycles. The van der Waals surface area contributed by atoms with Crippen molar-refractivity contribution < 1.29 is 4.79 Å². The maximum Gasteiger partial charge on any atom is 0.237 e. The van der Waals surface area contributed by atoms with Gasteiger partial charge in [0, 0.05) is 6.20 Å². The molecule has 2 atom stereocenters. The van der Waals surface area contributed by atoms with Crippen molar-refractivity contribution >= 4 is 5.91 Å². The summed E-state index contributed by atoms with van der Waals surface area (Å²) in [7, 11) is 0. The fraction of sp³-hybridized carbons (Fsp3) is 0.400. The minimum Gasteiger partial charge on any atom is -0.347 e. The van der Waals surface area contributed by atoms with Crippen molar-refractivity contribution in [3.63, 3.8) is 0 Å². The first-order chi connectivity index (χ1) is 6.61. The number of rotatable bonds is 3. The first-order valence-electron chi connectivity index (χ1n) is 4.58. The Labute approximate surface area is 83.5 Å². The van der Waals surface area contributed by atoms with Crippen LogP contribution in [0.1, 0.15) is 25.6 Å². The number of aromatic nitrogens is 1. The summed E-state index contributed by atoms with van der Waals surface area (Å²) in [6.45, 7) is 3.53.